The van der Waals surface area contributed by atoms with Crippen molar-refractivity contribution in [3.63, 3.8) is 0 Å². The standard InChI is InChI=1S/C17H19ClO2/c1-11-5-7-15(19-3)13(9-11)17(18)14-10-12(2)6-8-16(14)20-4/h5-10,17H,1-4H3. The van der Waals surface area contributed by atoms with Gasteiger partial charge in [0.1, 0.15) is 11.5 Å². The third kappa shape index (κ3) is 2.91. The summed E-state index contributed by atoms with van der Waals surface area (Å²) in [6, 6.07) is 12.0. The summed E-state index contributed by atoms with van der Waals surface area (Å²) in [6.07, 6.45) is 0. The monoisotopic (exact) mass is 290 g/mol. The van der Waals surface area contributed by atoms with Crippen molar-refractivity contribution in [3.8, 4) is 11.5 Å². The van der Waals surface area contributed by atoms with E-state index in [2.05, 4.69) is 12.1 Å². The highest BCUT2D eigenvalue weighted by Gasteiger charge is 2.19. The zero-order chi connectivity index (χ0) is 14.7. The molecule has 0 N–H and O–H groups in total. The van der Waals surface area contributed by atoms with Gasteiger partial charge in [0, 0.05) is 11.1 Å². The van der Waals surface area contributed by atoms with Crippen molar-refractivity contribution in [3.05, 3.63) is 58.7 Å². The van der Waals surface area contributed by atoms with Gasteiger partial charge in [-0.25, -0.2) is 0 Å². The quantitative estimate of drug-likeness (QED) is 0.763. The molecule has 0 spiro atoms. The van der Waals surface area contributed by atoms with Crippen LogP contribution in [0.1, 0.15) is 27.6 Å². The van der Waals surface area contributed by atoms with E-state index >= 15 is 0 Å². The van der Waals surface area contributed by atoms with E-state index in [1.165, 1.54) is 0 Å². The Morgan fingerprint density at radius 2 is 1.20 bits per heavy atom. The van der Waals surface area contributed by atoms with Gasteiger partial charge in [0.25, 0.3) is 0 Å². The van der Waals surface area contributed by atoms with Crippen molar-refractivity contribution < 1.29 is 9.47 Å². The molecule has 0 atom stereocenters. The molecule has 2 rings (SSSR count). The van der Waals surface area contributed by atoms with Crippen LogP contribution in [0.15, 0.2) is 36.4 Å². The molecule has 0 bridgehead atoms. The van der Waals surface area contributed by atoms with Crippen LogP contribution in [0.3, 0.4) is 0 Å². The fourth-order valence-electron chi connectivity index (χ4n) is 2.27. The van der Waals surface area contributed by atoms with Crippen molar-refractivity contribution in [2.24, 2.45) is 0 Å². The SMILES string of the molecule is COc1ccc(C)cc1C(Cl)c1cc(C)ccc1OC. The van der Waals surface area contributed by atoms with E-state index in [4.69, 9.17) is 21.1 Å². The molecule has 0 aromatic heterocycles. The second kappa shape index (κ2) is 6.19. The van der Waals surface area contributed by atoms with E-state index in [0.29, 0.717) is 0 Å². The molecule has 0 radical (unpaired) electrons. The maximum absolute atomic E-state index is 6.68. The fraction of sp³-hybridized carbons (Fsp3) is 0.294. The van der Waals surface area contributed by atoms with Gasteiger partial charge >= 0.3 is 0 Å². The number of hydrogen-bond donors (Lipinski definition) is 0. The van der Waals surface area contributed by atoms with Gasteiger partial charge in [0.05, 0.1) is 19.6 Å². The molecule has 0 aliphatic carbocycles. The molecule has 0 unspecified atom stereocenters. The van der Waals surface area contributed by atoms with Gasteiger partial charge in [-0.05, 0) is 26.0 Å². The number of benzene rings is 2. The summed E-state index contributed by atoms with van der Waals surface area (Å²) in [4.78, 5) is 0. The zero-order valence-corrected chi connectivity index (χ0v) is 13.0. The third-order valence-electron chi connectivity index (χ3n) is 3.32. The highest BCUT2D eigenvalue weighted by Crippen LogP contribution is 2.39. The molecule has 0 heterocycles. The van der Waals surface area contributed by atoms with Crippen LogP contribution in [0.4, 0.5) is 0 Å². The number of ether oxygens (including phenoxy) is 2. The first-order valence-electron chi connectivity index (χ1n) is 6.50. The Kier molecular flexibility index (Phi) is 4.56. The van der Waals surface area contributed by atoms with E-state index in [1.54, 1.807) is 14.2 Å². The van der Waals surface area contributed by atoms with Crippen molar-refractivity contribution in [2.45, 2.75) is 19.2 Å². The van der Waals surface area contributed by atoms with Gasteiger partial charge in [0.2, 0.25) is 0 Å². The lowest BCUT2D eigenvalue weighted by atomic mass is 9.99. The Morgan fingerprint density at radius 3 is 1.55 bits per heavy atom. The van der Waals surface area contributed by atoms with Crippen LogP contribution in [-0.2, 0) is 0 Å². The maximum atomic E-state index is 6.68. The molecule has 0 saturated heterocycles. The average molecular weight is 291 g/mol. The molecular formula is C17H19ClO2. The molecule has 0 aliphatic rings. The minimum atomic E-state index is -0.306. The largest absolute Gasteiger partial charge is 0.496 e. The second-order valence-electron chi connectivity index (χ2n) is 4.85. The van der Waals surface area contributed by atoms with Crippen molar-refractivity contribution >= 4 is 11.6 Å². The highest BCUT2D eigenvalue weighted by molar-refractivity contribution is 6.23. The van der Waals surface area contributed by atoms with Crippen molar-refractivity contribution in [1.29, 1.82) is 0 Å². The van der Waals surface area contributed by atoms with Crippen LogP contribution in [0, 0.1) is 13.8 Å². The number of aryl methyl sites for hydroxylation is 2. The molecule has 0 amide bonds. The lowest BCUT2D eigenvalue weighted by Crippen LogP contribution is -2.01. The van der Waals surface area contributed by atoms with Crippen LogP contribution in [0.5, 0.6) is 11.5 Å². The van der Waals surface area contributed by atoms with Gasteiger partial charge in [-0.15, -0.1) is 11.6 Å². The van der Waals surface area contributed by atoms with E-state index in [0.717, 1.165) is 33.8 Å². The molecule has 0 saturated carbocycles. The smallest absolute Gasteiger partial charge is 0.123 e. The lowest BCUT2D eigenvalue weighted by Gasteiger charge is -2.18. The Hall–Kier alpha value is -1.67. The Bertz CT molecular complexity index is 554. The predicted molar refractivity (Wildman–Crippen MR) is 83.2 cm³/mol. The summed E-state index contributed by atoms with van der Waals surface area (Å²) in [5.41, 5.74) is 4.22. The van der Waals surface area contributed by atoms with Crippen LogP contribution >= 0.6 is 11.6 Å². The summed E-state index contributed by atoms with van der Waals surface area (Å²) in [6.45, 7) is 4.08. The zero-order valence-electron chi connectivity index (χ0n) is 12.2. The Labute approximate surface area is 125 Å². The van der Waals surface area contributed by atoms with Gasteiger partial charge in [-0.1, -0.05) is 35.4 Å². The van der Waals surface area contributed by atoms with Gasteiger partial charge in [-0.2, -0.15) is 0 Å². The maximum Gasteiger partial charge on any atom is 0.123 e. The first-order chi connectivity index (χ1) is 9.56. The Morgan fingerprint density at radius 1 is 0.800 bits per heavy atom. The summed E-state index contributed by atoms with van der Waals surface area (Å²) >= 11 is 6.68. The molecule has 0 fully saturated rings. The van der Waals surface area contributed by atoms with Crippen LogP contribution in [0.2, 0.25) is 0 Å². The molecule has 2 aromatic carbocycles. The summed E-state index contributed by atoms with van der Waals surface area (Å²) in [7, 11) is 3.32. The molecule has 20 heavy (non-hydrogen) atoms. The minimum absolute atomic E-state index is 0.306. The summed E-state index contributed by atoms with van der Waals surface area (Å²) in [5.74, 6) is 1.58. The van der Waals surface area contributed by atoms with E-state index in [9.17, 15) is 0 Å². The molecule has 106 valence electrons. The summed E-state index contributed by atoms with van der Waals surface area (Å²) in [5, 5.41) is -0.306. The van der Waals surface area contributed by atoms with E-state index < -0.39 is 0 Å². The normalized spacial score (nSPS) is 10.7. The highest BCUT2D eigenvalue weighted by atomic mass is 35.5. The number of hydrogen-bond acceptors (Lipinski definition) is 2. The molecule has 3 heteroatoms. The number of methoxy groups -OCH3 is 2. The van der Waals surface area contributed by atoms with Crippen molar-refractivity contribution in [2.75, 3.05) is 14.2 Å². The second-order valence-corrected chi connectivity index (χ2v) is 5.29. The van der Waals surface area contributed by atoms with Crippen LogP contribution < -0.4 is 9.47 Å². The average Bonchev–Trinajstić information content (AvgIpc) is 2.46. The Balaban J connectivity index is 2.53. The van der Waals surface area contributed by atoms with E-state index in [-0.39, 0.29) is 5.38 Å². The number of rotatable bonds is 4. The molecule has 0 aliphatic heterocycles. The number of alkyl halides is 1. The van der Waals surface area contributed by atoms with Gasteiger partial charge in [0.15, 0.2) is 0 Å². The van der Waals surface area contributed by atoms with Crippen LogP contribution in [-0.4, -0.2) is 14.2 Å². The number of halogens is 1. The molecular weight excluding hydrogens is 272 g/mol. The minimum Gasteiger partial charge on any atom is -0.496 e. The predicted octanol–water partition coefficient (Wildman–Crippen LogP) is 4.65. The lowest BCUT2D eigenvalue weighted by molar-refractivity contribution is 0.404. The summed E-state index contributed by atoms with van der Waals surface area (Å²) < 4.78 is 10.8. The van der Waals surface area contributed by atoms with Gasteiger partial charge < -0.3 is 9.47 Å². The van der Waals surface area contributed by atoms with Crippen molar-refractivity contribution in [1.82, 2.24) is 0 Å². The first-order valence-corrected chi connectivity index (χ1v) is 6.93. The third-order valence-corrected chi connectivity index (χ3v) is 3.79. The topological polar surface area (TPSA) is 18.5 Å². The van der Waals surface area contributed by atoms with Crippen LogP contribution in [0.25, 0.3) is 0 Å². The fourth-order valence-corrected chi connectivity index (χ4v) is 2.61. The molecule has 2 aromatic rings. The van der Waals surface area contributed by atoms with Gasteiger partial charge in [-0.3, -0.25) is 0 Å². The molecule has 2 nitrogen and oxygen atoms in total. The van der Waals surface area contributed by atoms with E-state index in [1.807, 2.05) is 38.1 Å². The first kappa shape index (κ1) is 14.7.